The van der Waals surface area contributed by atoms with Gasteiger partial charge in [0.15, 0.2) is 0 Å². The average Bonchev–Trinajstić information content (AvgIpc) is 3.21. The van der Waals surface area contributed by atoms with Gasteiger partial charge >= 0.3 is 0 Å². The topological polar surface area (TPSA) is 80.2 Å². The molecule has 1 aliphatic carbocycles. The molecule has 0 radical (unpaired) electrons. The summed E-state index contributed by atoms with van der Waals surface area (Å²) in [6.07, 6.45) is 7.61. The number of benzene rings is 1. The van der Waals surface area contributed by atoms with Crippen LogP contribution in [0.25, 0.3) is 22.0 Å². The van der Waals surface area contributed by atoms with Crippen molar-refractivity contribution < 1.29 is 9.53 Å². The highest BCUT2D eigenvalue weighted by Gasteiger charge is 2.33. The largest absolute Gasteiger partial charge is 0.481 e. The lowest BCUT2D eigenvalue weighted by atomic mass is 9.84. The number of methoxy groups -OCH3 is 1. The number of fused-ring (bicyclic) bond motifs is 1. The van der Waals surface area contributed by atoms with E-state index in [2.05, 4.69) is 26.3 Å². The third-order valence-corrected chi connectivity index (χ3v) is 6.21. The predicted molar refractivity (Wildman–Crippen MR) is 115 cm³/mol. The summed E-state index contributed by atoms with van der Waals surface area (Å²) in [7, 11) is 1.61. The molecule has 1 aliphatic heterocycles. The lowest BCUT2D eigenvalue weighted by molar-refractivity contribution is -0.137. The van der Waals surface area contributed by atoms with Crippen LogP contribution in [0.1, 0.15) is 25.7 Å². The van der Waals surface area contributed by atoms with Crippen molar-refractivity contribution in [3.05, 3.63) is 42.9 Å². The van der Waals surface area contributed by atoms with Crippen LogP contribution in [0.5, 0.6) is 5.88 Å². The molecular weight excluding hydrogens is 378 g/mol. The van der Waals surface area contributed by atoms with E-state index in [0.29, 0.717) is 11.8 Å². The third-order valence-electron chi connectivity index (χ3n) is 6.21. The maximum absolute atomic E-state index is 12.5. The molecule has 5 rings (SSSR count). The summed E-state index contributed by atoms with van der Waals surface area (Å²) in [5.41, 5.74) is 2.94. The standard InChI is InChI=1S/C23H25N5O2/c1-30-21-8-6-17(12-24-21)16-5-7-20-19(11-16)22(26-14-25-20)27-18-9-10-28(13-18)23(29)15-3-2-4-15/h5-8,11-12,14-15,18H,2-4,9-10,13H2,1H3,(H,25,26,27)/t18-/m0/s1. The molecule has 1 aromatic carbocycles. The number of nitrogens with zero attached hydrogens (tertiary/aromatic N) is 4. The van der Waals surface area contributed by atoms with Gasteiger partial charge in [-0.05, 0) is 43.0 Å². The number of aromatic nitrogens is 3. The molecule has 2 fully saturated rings. The first kappa shape index (κ1) is 18.8. The van der Waals surface area contributed by atoms with E-state index in [1.807, 2.05) is 29.2 Å². The number of ether oxygens (including phenoxy) is 1. The Morgan fingerprint density at radius 2 is 1.97 bits per heavy atom. The lowest BCUT2D eigenvalue weighted by Crippen LogP contribution is -2.38. The van der Waals surface area contributed by atoms with Crippen molar-refractivity contribution in [3.63, 3.8) is 0 Å². The van der Waals surface area contributed by atoms with Gasteiger partial charge in [-0.3, -0.25) is 4.79 Å². The van der Waals surface area contributed by atoms with Gasteiger partial charge in [0.1, 0.15) is 12.1 Å². The number of hydrogen-bond acceptors (Lipinski definition) is 6. The number of amides is 1. The summed E-state index contributed by atoms with van der Waals surface area (Å²) in [6.45, 7) is 1.56. The first-order valence-corrected chi connectivity index (χ1v) is 10.5. The zero-order valence-electron chi connectivity index (χ0n) is 17.0. The van der Waals surface area contributed by atoms with Gasteiger partial charge in [0, 0.05) is 48.3 Å². The fourth-order valence-electron chi connectivity index (χ4n) is 4.21. The van der Waals surface area contributed by atoms with E-state index in [-0.39, 0.29) is 12.0 Å². The van der Waals surface area contributed by atoms with Gasteiger partial charge in [-0.15, -0.1) is 0 Å². The molecule has 3 heterocycles. The predicted octanol–water partition coefficient (Wildman–Crippen LogP) is 3.51. The maximum Gasteiger partial charge on any atom is 0.225 e. The van der Waals surface area contributed by atoms with Crippen LogP contribution in [0.15, 0.2) is 42.9 Å². The molecule has 2 aliphatic rings. The zero-order chi connectivity index (χ0) is 20.5. The fourth-order valence-corrected chi connectivity index (χ4v) is 4.21. The number of carbonyl (C=O) groups is 1. The van der Waals surface area contributed by atoms with Crippen LogP contribution in [0.4, 0.5) is 5.82 Å². The summed E-state index contributed by atoms with van der Waals surface area (Å²) in [5.74, 6) is 1.98. The fraction of sp³-hybridized carbons (Fsp3) is 0.391. The molecular formula is C23H25N5O2. The molecule has 0 unspecified atom stereocenters. The van der Waals surface area contributed by atoms with Gasteiger partial charge in [0.05, 0.1) is 12.6 Å². The highest BCUT2D eigenvalue weighted by Crippen LogP contribution is 2.31. The SMILES string of the molecule is COc1ccc(-c2ccc3ncnc(N[C@H]4CCN(C(=O)C5CCC5)C4)c3c2)cn1. The smallest absolute Gasteiger partial charge is 0.225 e. The molecule has 3 aromatic rings. The normalized spacial score (nSPS) is 19.0. The van der Waals surface area contributed by atoms with E-state index in [1.165, 1.54) is 6.42 Å². The van der Waals surface area contributed by atoms with E-state index in [0.717, 1.165) is 60.2 Å². The first-order valence-electron chi connectivity index (χ1n) is 10.5. The Labute approximate surface area is 175 Å². The average molecular weight is 403 g/mol. The second kappa shape index (κ2) is 7.89. The number of carbonyl (C=O) groups excluding carboxylic acids is 1. The van der Waals surface area contributed by atoms with Crippen LogP contribution in [0.3, 0.4) is 0 Å². The number of nitrogens with one attached hydrogen (secondary N) is 1. The lowest BCUT2D eigenvalue weighted by Gasteiger charge is -2.29. The summed E-state index contributed by atoms with van der Waals surface area (Å²) in [5, 5.41) is 4.53. The van der Waals surface area contributed by atoms with Gasteiger partial charge in [0.2, 0.25) is 11.8 Å². The van der Waals surface area contributed by atoms with Crippen LogP contribution < -0.4 is 10.1 Å². The molecule has 2 aromatic heterocycles. The Kier molecular flexibility index (Phi) is 4.94. The number of anilines is 1. The van der Waals surface area contributed by atoms with Crippen molar-refractivity contribution in [1.29, 1.82) is 0 Å². The van der Waals surface area contributed by atoms with Crippen molar-refractivity contribution in [2.75, 3.05) is 25.5 Å². The van der Waals surface area contributed by atoms with Crippen molar-refractivity contribution in [3.8, 4) is 17.0 Å². The third kappa shape index (κ3) is 3.56. The molecule has 154 valence electrons. The molecule has 0 bridgehead atoms. The Hall–Kier alpha value is -3.22. The molecule has 7 heteroatoms. The van der Waals surface area contributed by atoms with Gasteiger partial charge in [-0.1, -0.05) is 12.5 Å². The minimum Gasteiger partial charge on any atom is -0.481 e. The molecule has 1 saturated carbocycles. The van der Waals surface area contributed by atoms with E-state index >= 15 is 0 Å². The Balaban J connectivity index is 1.37. The Morgan fingerprint density at radius 1 is 1.10 bits per heavy atom. The molecule has 30 heavy (non-hydrogen) atoms. The Morgan fingerprint density at radius 3 is 2.70 bits per heavy atom. The van der Waals surface area contributed by atoms with Crippen LogP contribution >= 0.6 is 0 Å². The van der Waals surface area contributed by atoms with E-state index in [9.17, 15) is 4.79 Å². The first-order chi connectivity index (χ1) is 14.7. The summed E-state index contributed by atoms with van der Waals surface area (Å²) >= 11 is 0. The summed E-state index contributed by atoms with van der Waals surface area (Å²) in [6, 6.07) is 10.2. The van der Waals surface area contributed by atoms with Gasteiger partial charge in [-0.25, -0.2) is 15.0 Å². The molecule has 1 saturated heterocycles. The van der Waals surface area contributed by atoms with Gasteiger partial charge < -0.3 is 15.0 Å². The van der Waals surface area contributed by atoms with Crippen LogP contribution in [0.2, 0.25) is 0 Å². The van der Waals surface area contributed by atoms with E-state index in [4.69, 9.17) is 4.74 Å². The molecule has 7 nitrogen and oxygen atoms in total. The quantitative estimate of drug-likeness (QED) is 0.702. The minimum atomic E-state index is 0.207. The molecule has 1 atom stereocenters. The molecule has 1 amide bonds. The van der Waals surface area contributed by atoms with Crippen LogP contribution in [0, 0.1) is 5.92 Å². The maximum atomic E-state index is 12.5. The number of rotatable bonds is 5. The Bertz CT molecular complexity index is 1060. The summed E-state index contributed by atoms with van der Waals surface area (Å²) < 4.78 is 5.15. The zero-order valence-corrected chi connectivity index (χ0v) is 17.0. The minimum absolute atomic E-state index is 0.207. The number of likely N-dealkylation sites (tertiary alicyclic amines) is 1. The number of pyridine rings is 1. The van der Waals surface area contributed by atoms with Gasteiger partial charge in [0.25, 0.3) is 0 Å². The second-order valence-corrected chi connectivity index (χ2v) is 8.09. The molecule has 0 spiro atoms. The molecule has 1 N–H and O–H groups in total. The number of hydrogen-bond donors (Lipinski definition) is 1. The van der Waals surface area contributed by atoms with Gasteiger partial charge in [-0.2, -0.15) is 0 Å². The monoisotopic (exact) mass is 403 g/mol. The van der Waals surface area contributed by atoms with E-state index < -0.39 is 0 Å². The van der Waals surface area contributed by atoms with Crippen LogP contribution in [-0.4, -0.2) is 52.0 Å². The van der Waals surface area contributed by atoms with E-state index in [1.54, 1.807) is 19.6 Å². The van der Waals surface area contributed by atoms with Crippen molar-refractivity contribution >= 4 is 22.6 Å². The van der Waals surface area contributed by atoms with Crippen molar-refractivity contribution in [2.24, 2.45) is 5.92 Å². The van der Waals surface area contributed by atoms with Crippen molar-refractivity contribution in [1.82, 2.24) is 19.9 Å². The summed E-state index contributed by atoms with van der Waals surface area (Å²) in [4.78, 5) is 27.8. The second-order valence-electron chi connectivity index (χ2n) is 8.09. The van der Waals surface area contributed by atoms with Crippen LogP contribution in [-0.2, 0) is 4.79 Å². The highest BCUT2D eigenvalue weighted by molar-refractivity contribution is 5.92. The van der Waals surface area contributed by atoms with Crippen molar-refractivity contribution in [2.45, 2.75) is 31.7 Å². The highest BCUT2D eigenvalue weighted by atomic mass is 16.5.